The van der Waals surface area contributed by atoms with Gasteiger partial charge >= 0.3 is 0 Å². The highest BCUT2D eigenvalue weighted by Gasteiger charge is 2.25. The number of hydrogen-bond donors (Lipinski definition) is 0. The summed E-state index contributed by atoms with van der Waals surface area (Å²) in [5.41, 5.74) is 21.2. The van der Waals surface area contributed by atoms with Gasteiger partial charge in [-0.2, -0.15) is 0 Å². The Morgan fingerprint density at radius 2 is 1.12 bits per heavy atom. The van der Waals surface area contributed by atoms with Crippen LogP contribution in [0, 0.1) is 13.8 Å². The van der Waals surface area contributed by atoms with Gasteiger partial charge in [0.15, 0.2) is 0 Å². The number of aromatic nitrogens is 2. The van der Waals surface area contributed by atoms with Crippen LogP contribution in [-0.2, 0) is 6.42 Å². The molecule has 2 aliphatic carbocycles. The fourth-order valence-corrected chi connectivity index (χ4v) is 9.64. The molecule has 5 aromatic carbocycles. The normalized spacial score (nSPS) is 12.3. The number of rotatable bonds is 7. The van der Waals surface area contributed by atoms with E-state index in [1.165, 1.54) is 83.2 Å². The van der Waals surface area contributed by atoms with Crippen molar-refractivity contribution in [3.05, 3.63) is 216 Å². The van der Waals surface area contributed by atoms with Crippen molar-refractivity contribution >= 4 is 68.0 Å². The minimum atomic E-state index is 0.929. The Bertz CT molecular complexity index is 3130. The topological polar surface area (TPSA) is 12.1 Å². The van der Waals surface area contributed by atoms with Gasteiger partial charge in [-0.15, -0.1) is 6.58 Å². The Balaban J connectivity index is 0.000000752. The molecule has 69 heavy (non-hydrogen) atoms. The molecular formula is C66H77N3. The van der Waals surface area contributed by atoms with Gasteiger partial charge in [-0.05, 0) is 141 Å². The number of aryl methyl sites for hydroxylation is 3. The summed E-state index contributed by atoms with van der Waals surface area (Å²) in [6.45, 7) is 32.3. The lowest BCUT2D eigenvalue weighted by atomic mass is 9.95. The smallest absolute Gasteiger partial charge is 0.0741 e. The van der Waals surface area contributed by atoms with Crippen molar-refractivity contribution in [1.82, 2.24) is 8.80 Å². The van der Waals surface area contributed by atoms with Gasteiger partial charge < -0.3 is 13.7 Å². The summed E-state index contributed by atoms with van der Waals surface area (Å²) >= 11 is 0. The molecule has 10 rings (SSSR count). The molecular weight excluding hydrogens is 835 g/mol. The van der Waals surface area contributed by atoms with Crippen LogP contribution in [0.4, 0.5) is 11.4 Å². The van der Waals surface area contributed by atoms with Gasteiger partial charge in [0.1, 0.15) is 0 Å². The van der Waals surface area contributed by atoms with Gasteiger partial charge in [0.2, 0.25) is 0 Å². The molecule has 3 aromatic heterocycles. The van der Waals surface area contributed by atoms with Gasteiger partial charge in [-0.3, -0.25) is 0 Å². The van der Waals surface area contributed by atoms with Crippen LogP contribution >= 0.6 is 0 Å². The molecule has 3 nitrogen and oxygen atoms in total. The van der Waals surface area contributed by atoms with Crippen molar-refractivity contribution in [3.63, 3.8) is 0 Å². The van der Waals surface area contributed by atoms with E-state index in [1.807, 2.05) is 68.4 Å². The fourth-order valence-electron chi connectivity index (χ4n) is 9.64. The maximum atomic E-state index is 4.39. The second kappa shape index (κ2) is 25.9. The summed E-state index contributed by atoms with van der Waals surface area (Å²) in [7, 11) is 0. The molecule has 0 fully saturated rings. The highest BCUT2D eigenvalue weighted by Crippen LogP contribution is 2.42. The van der Waals surface area contributed by atoms with E-state index in [9.17, 15) is 0 Å². The number of nitrogens with zero attached hydrogens (tertiary/aromatic N) is 3. The third kappa shape index (κ3) is 10.6. The number of hydrogen-bond acceptors (Lipinski definition) is 1. The third-order valence-corrected chi connectivity index (χ3v) is 12.4. The molecule has 0 spiro atoms. The van der Waals surface area contributed by atoms with Gasteiger partial charge in [-0.1, -0.05) is 189 Å². The second-order valence-corrected chi connectivity index (χ2v) is 16.0. The lowest BCUT2D eigenvalue weighted by molar-refractivity contribution is 0.922. The van der Waals surface area contributed by atoms with E-state index in [0.717, 1.165) is 48.3 Å². The first-order valence-corrected chi connectivity index (χ1v) is 25.6. The van der Waals surface area contributed by atoms with Crippen LogP contribution in [0.15, 0.2) is 177 Å². The van der Waals surface area contributed by atoms with Crippen molar-refractivity contribution in [2.24, 2.45) is 0 Å². The number of anilines is 2. The molecule has 0 bridgehead atoms. The largest absolute Gasteiger partial charge is 0.314 e. The summed E-state index contributed by atoms with van der Waals surface area (Å²) in [5, 5.41) is 2.41. The minimum Gasteiger partial charge on any atom is -0.314 e. The number of allylic oxidation sites excluding steroid dienone is 7. The van der Waals surface area contributed by atoms with Crippen molar-refractivity contribution in [3.8, 4) is 11.1 Å². The molecule has 0 amide bonds. The fraction of sp³-hybridized carbons (Fsp3) is 0.242. The quantitative estimate of drug-likeness (QED) is 0.145. The molecule has 0 atom stereocenters. The molecule has 0 aliphatic heterocycles. The van der Waals surface area contributed by atoms with Gasteiger partial charge in [0.05, 0.1) is 27.8 Å². The monoisotopic (exact) mass is 912 g/mol. The average molecular weight is 912 g/mol. The van der Waals surface area contributed by atoms with E-state index in [1.54, 1.807) is 6.08 Å². The Hall–Kier alpha value is -7.10. The molecule has 0 radical (unpaired) electrons. The summed E-state index contributed by atoms with van der Waals surface area (Å²) in [4.78, 5) is 2.49. The highest BCUT2D eigenvalue weighted by atomic mass is 15.1. The van der Waals surface area contributed by atoms with Crippen molar-refractivity contribution in [1.29, 1.82) is 0 Å². The van der Waals surface area contributed by atoms with Crippen molar-refractivity contribution < 1.29 is 0 Å². The van der Waals surface area contributed by atoms with Gasteiger partial charge in [-0.25, -0.2) is 0 Å². The average Bonchev–Trinajstić information content (AvgIpc) is 3.87. The first-order valence-electron chi connectivity index (χ1n) is 25.6. The Labute approximate surface area is 415 Å². The molecule has 3 heterocycles. The summed E-state index contributed by atoms with van der Waals surface area (Å²) < 4.78 is 5.08. The summed E-state index contributed by atoms with van der Waals surface area (Å²) in [5.74, 6) is 0. The number of fused-ring (bicyclic) bond motifs is 10. The molecule has 0 saturated carbocycles. The van der Waals surface area contributed by atoms with Crippen molar-refractivity contribution in [2.45, 2.75) is 109 Å². The molecule has 8 aromatic rings. The van der Waals surface area contributed by atoms with E-state index in [-0.39, 0.29) is 0 Å². The Morgan fingerprint density at radius 3 is 1.72 bits per heavy atom. The van der Waals surface area contributed by atoms with E-state index in [4.69, 9.17) is 0 Å². The summed E-state index contributed by atoms with van der Waals surface area (Å²) in [6.07, 6.45) is 21.5. The highest BCUT2D eigenvalue weighted by molar-refractivity contribution is 6.09. The number of benzene rings is 5. The SMILES string of the molecule is C=CC.C=Cc1c(/C=C\C)c(C)c2c3c(C)c4c(n3c3ccc(N(C5=CC=C(c6ccccc6)CC5)c5ccc(-c6ccccc6)cc5)cc3c3ccccc3n12)CCC=C4.CC.CC.CC.CC. The second-order valence-electron chi connectivity index (χ2n) is 16.0. The summed E-state index contributed by atoms with van der Waals surface area (Å²) in [6, 6.07) is 46.7. The third-order valence-electron chi connectivity index (χ3n) is 12.4. The van der Waals surface area contributed by atoms with Gasteiger partial charge in [0.25, 0.3) is 0 Å². The maximum Gasteiger partial charge on any atom is 0.0741 e. The molecule has 2 aliphatic rings. The number of para-hydroxylation sites is 1. The zero-order valence-corrected chi connectivity index (χ0v) is 43.8. The molecule has 0 saturated heterocycles. The molecule has 3 heteroatoms. The van der Waals surface area contributed by atoms with Crippen LogP contribution in [0.3, 0.4) is 0 Å². The molecule has 0 unspecified atom stereocenters. The van der Waals surface area contributed by atoms with E-state index < -0.39 is 0 Å². The minimum absolute atomic E-state index is 0.929. The van der Waals surface area contributed by atoms with Crippen molar-refractivity contribution in [2.75, 3.05) is 4.90 Å². The first-order chi connectivity index (χ1) is 34.0. The predicted molar refractivity (Wildman–Crippen MR) is 311 cm³/mol. The van der Waals surface area contributed by atoms with E-state index >= 15 is 0 Å². The van der Waals surface area contributed by atoms with Crippen LogP contribution in [0.1, 0.15) is 128 Å². The van der Waals surface area contributed by atoms with Gasteiger partial charge in [0, 0.05) is 39.1 Å². The van der Waals surface area contributed by atoms with E-state index in [2.05, 4.69) is 211 Å². The van der Waals surface area contributed by atoms with Crippen LogP contribution in [0.2, 0.25) is 0 Å². The Morgan fingerprint density at radius 1 is 0.551 bits per heavy atom. The van der Waals surface area contributed by atoms with Crippen LogP contribution < -0.4 is 4.90 Å². The standard InChI is InChI=1S/C55H47N3.C3H6.4C2H6/c1-5-17-46-37(3)54-55-38(4)47-22-13-15-24-51(47)58(55)53-35-34-45(36-49(53)48-23-14-16-25-52(48)57(54)50(46)6-2)56(43-30-26-41(27-31-43)39-18-9-7-10-19-39)44-32-28-42(29-33-44)40-20-11-8-12-21-40;1-3-2;4*1-2/h5-14,16-23,25-28,30-32,34-36H,2,15,24,29,33H2,1,3-4H3;3H,1H2,2H3;4*1-2H3/b17-5-;;;;;. The molecule has 356 valence electrons. The first kappa shape index (κ1) is 52.9. The molecule has 0 N–H and O–H groups in total. The maximum absolute atomic E-state index is 4.39. The Kier molecular flexibility index (Phi) is 19.8. The zero-order chi connectivity index (χ0) is 50.0. The lowest BCUT2D eigenvalue weighted by Gasteiger charge is -2.30. The predicted octanol–water partition coefficient (Wildman–Crippen LogP) is 20.2. The van der Waals surface area contributed by atoms with Crippen LogP contribution in [-0.4, -0.2) is 8.80 Å². The van der Waals surface area contributed by atoms with E-state index in [0.29, 0.717) is 0 Å². The lowest BCUT2D eigenvalue weighted by Crippen LogP contribution is -2.18. The van der Waals surface area contributed by atoms with Crippen LogP contribution in [0.25, 0.3) is 67.8 Å². The van der Waals surface area contributed by atoms with Crippen LogP contribution in [0.5, 0.6) is 0 Å². The zero-order valence-electron chi connectivity index (χ0n) is 43.8.